The lowest BCUT2D eigenvalue weighted by atomic mass is 10.0. The number of hydrogen-bond acceptors (Lipinski definition) is 2. The highest BCUT2D eigenvalue weighted by molar-refractivity contribution is 4.70. The second-order valence-electron chi connectivity index (χ2n) is 5.07. The number of ether oxygens (including phenoxy) is 2. The molecule has 0 N–H and O–H groups in total. The average Bonchev–Trinajstić information content (AvgIpc) is 2.00. The van der Waals surface area contributed by atoms with Crippen LogP contribution in [0.25, 0.3) is 0 Å². The van der Waals surface area contributed by atoms with Gasteiger partial charge in [-0.05, 0) is 18.8 Å². The molecule has 1 heterocycles. The molecule has 0 radical (unpaired) electrons. The summed E-state index contributed by atoms with van der Waals surface area (Å²) in [4.78, 5) is 0. The Hall–Kier alpha value is -0.0800. The zero-order chi connectivity index (χ0) is 11.4. The van der Waals surface area contributed by atoms with E-state index in [9.17, 15) is 0 Å². The number of rotatable bonds is 2. The molecule has 0 amide bonds. The van der Waals surface area contributed by atoms with Crippen LogP contribution in [0.4, 0.5) is 0 Å². The van der Waals surface area contributed by atoms with Gasteiger partial charge >= 0.3 is 0 Å². The van der Waals surface area contributed by atoms with Crippen molar-refractivity contribution in [2.45, 2.75) is 54.3 Å². The van der Waals surface area contributed by atoms with E-state index in [1.165, 1.54) is 0 Å². The molecule has 2 nitrogen and oxygen atoms in total. The van der Waals surface area contributed by atoms with Gasteiger partial charge in [0.15, 0.2) is 12.6 Å². The Kier molecular flexibility index (Phi) is 5.68. The van der Waals surface area contributed by atoms with Crippen LogP contribution in [0.5, 0.6) is 0 Å². The summed E-state index contributed by atoms with van der Waals surface area (Å²) >= 11 is 0. The first kappa shape index (κ1) is 13.9. The van der Waals surface area contributed by atoms with Gasteiger partial charge in [0.2, 0.25) is 0 Å². The summed E-state index contributed by atoms with van der Waals surface area (Å²) < 4.78 is 10.3. The van der Waals surface area contributed by atoms with Crippen molar-refractivity contribution in [2.75, 3.05) is 6.79 Å². The minimum Gasteiger partial charge on any atom is -0.324 e. The fourth-order valence-electron chi connectivity index (χ4n) is 0.578. The molecule has 0 aromatic rings. The fourth-order valence-corrected chi connectivity index (χ4v) is 0.578. The minimum absolute atomic E-state index is 0.278. The third kappa shape index (κ3) is 4.43. The van der Waals surface area contributed by atoms with Gasteiger partial charge in [0, 0.05) is 5.92 Å². The Labute approximate surface area is 89.0 Å². The van der Waals surface area contributed by atoms with Gasteiger partial charge in [-0.3, -0.25) is 0 Å². The molecule has 0 atom stereocenters. The maximum Gasteiger partial charge on any atom is 0.173 e. The largest absolute Gasteiger partial charge is 0.324 e. The highest BCUT2D eigenvalue weighted by Gasteiger charge is 2.37. The zero-order valence-electron chi connectivity index (χ0n) is 10.8. The van der Waals surface area contributed by atoms with Crippen molar-refractivity contribution in [3.05, 3.63) is 0 Å². The van der Waals surface area contributed by atoms with Gasteiger partial charge in [-0.1, -0.05) is 41.5 Å². The van der Waals surface area contributed by atoms with Crippen molar-refractivity contribution in [1.82, 2.24) is 0 Å². The van der Waals surface area contributed by atoms with Crippen molar-refractivity contribution < 1.29 is 9.47 Å². The Morgan fingerprint density at radius 1 is 0.857 bits per heavy atom. The van der Waals surface area contributed by atoms with Gasteiger partial charge in [0.25, 0.3) is 0 Å². The highest BCUT2D eigenvalue weighted by Crippen LogP contribution is 2.29. The zero-order valence-corrected chi connectivity index (χ0v) is 10.8. The molecule has 1 aliphatic rings. The SMILES string of the molecule is CC(C)C(C)C.CC(C)C1(C)OCO1. The Morgan fingerprint density at radius 3 is 1.21 bits per heavy atom. The quantitative estimate of drug-likeness (QED) is 0.680. The molecule has 0 aromatic carbocycles. The van der Waals surface area contributed by atoms with E-state index in [1.54, 1.807) is 0 Å². The van der Waals surface area contributed by atoms with Crippen molar-refractivity contribution in [1.29, 1.82) is 0 Å². The summed E-state index contributed by atoms with van der Waals surface area (Å²) in [6.07, 6.45) is 0. The molecule has 0 aromatic heterocycles. The van der Waals surface area contributed by atoms with E-state index >= 15 is 0 Å². The second-order valence-corrected chi connectivity index (χ2v) is 5.07. The standard InChI is InChI=1S/C6H12O2.C6H14/c1-5(2)6(3)7-4-8-6;1-5(2)6(3)4/h5H,4H2,1-3H3;5-6H,1-4H3. The lowest BCUT2D eigenvalue weighted by Crippen LogP contribution is -2.48. The van der Waals surface area contributed by atoms with Crippen molar-refractivity contribution in [3.8, 4) is 0 Å². The molecule has 1 rings (SSSR count). The first-order valence-electron chi connectivity index (χ1n) is 5.57. The van der Waals surface area contributed by atoms with E-state index in [0.29, 0.717) is 12.7 Å². The normalized spacial score (nSPS) is 19.3. The van der Waals surface area contributed by atoms with Gasteiger partial charge < -0.3 is 9.47 Å². The molecule has 1 saturated heterocycles. The molecule has 14 heavy (non-hydrogen) atoms. The first-order valence-corrected chi connectivity index (χ1v) is 5.57. The summed E-state index contributed by atoms with van der Waals surface area (Å²) in [7, 11) is 0. The maximum atomic E-state index is 5.16. The average molecular weight is 202 g/mol. The van der Waals surface area contributed by atoms with Crippen LogP contribution in [0.15, 0.2) is 0 Å². The van der Waals surface area contributed by atoms with E-state index in [-0.39, 0.29) is 5.79 Å². The summed E-state index contributed by atoms with van der Waals surface area (Å²) in [6, 6.07) is 0. The van der Waals surface area contributed by atoms with Crippen LogP contribution in [-0.2, 0) is 9.47 Å². The highest BCUT2D eigenvalue weighted by atomic mass is 16.9. The van der Waals surface area contributed by atoms with Crippen LogP contribution < -0.4 is 0 Å². The van der Waals surface area contributed by atoms with E-state index in [2.05, 4.69) is 41.5 Å². The Bertz CT molecular complexity index is 140. The number of hydrogen-bond donors (Lipinski definition) is 0. The molecule has 86 valence electrons. The van der Waals surface area contributed by atoms with Gasteiger partial charge in [-0.2, -0.15) is 0 Å². The third-order valence-corrected chi connectivity index (χ3v) is 3.07. The molecule has 1 aliphatic heterocycles. The van der Waals surface area contributed by atoms with Crippen molar-refractivity contribution >= 4 is 0 Å². The van der Waals surface area contributed by atoms with E-state index in [0.717, 1.165) is 11.8 Å². The molecule has 0 unspecified atom stereocenters. The summed E-state index contributed by atoms with van der Waals surface area (Å²) in [6.45, 7) is 15.6. The third-order valence-electron chi connectivity index (χ3n) is 3.07. The van der Waals surface area contributed by atoms with Crippen molar-refractivity contribution in [2.24, 2.45) is 17.8 Å². The van der Waals surface area contributed by atoms with Gasteiger partial charge in [-0.15, -0.1) is 0 Å². The first-order chi connectivity index (χ1) is 6.29. The van der Waals surface area contributed by atoms with Gasteiger partial charge in [0.1, 0.15) is 0 Å². The van der Waals surface area contributed by atoms with Crippen LogP contribution in [0, 0.1) is 17.8 Å². The lowest BCUT2D eigenvalue weighted by Gasteiger charge is -2.41. The summed E-state index contributed by atoms with van der Waals surface area (Å²) in [5.41, 5.74) is 0. The molecular weight excluding hydrogens is 176 g/mol. The molecule has 0 bridgehead atoms. The van der Waals surface area contributed by atoms with E-state index < -0.39 is 0 Å². The van der Waals surface area contributed by atoms with Crippen molar-refractivity contribution in [3.63, 3.8) is 0 Å². The van der Waals surface area contributed by atoms with Gasteiger partial charge in [0.05, 0.1) is 0 Å². The van der Waals surface area contributed by atoms with Crippen LogP contribution in [0.3, 0.4) is 0 Å². The Balaban J connectivity index is 0.000000255. The molecule has 2 heteroatoms. The smallest absolute Gasteiger partial charge is 0.173 e. The predicted octanol–water partition coefficient (Wildman–Crippen LogP) is 3.66. The fraction of sp³-hybridized carbons (Fsp3) is 1.00. The molecule has 0 saturated carbocycles. The monoisotopic (exact) mass is 202 g/mol. The topological polar surface area (TPSA) is 18.5 Å². The molecule has 0 spiro atoms. The van der Waals surface area contributed by atoms with Crippen LogP contribution in [0.1, 0.15) is 48.5 Å². The van der Waals surface area contributed by atoms with Crippen LogP contribution in [0.2, 0.25) is 0 Å². The van der Waals surface area contributed by atoms with E-state index in [4.69, 9.17) is 9.47 Å². The summed E-state index contributed by atoms with van der Waals surface area (Å²) in [5.74, 6) is 1.88. The Morgan fingerprint density at radius 2 is 1.21 bits per heavy atom. The molecule has 0 aliphatic carbocycles. The lowest BCUT2D eigenvalue weighted by molar-refractivity contribution is -0.405. The maximum absolute atomic E-state index is 5.16. The van der Waals surface area contributed by atoms with Gasteiger partial charge in [-0.25, -0.2) is 0 Å². The minimum atomic E-state index is -0.278. The molecular formula is C12H26O2. The van der Waals surface area contributed by atoms with Crippen LogP contribution in [-0.4, -0.2) is 12.6 Å². The molecule has 1 fully saturated rings. The predicted molar refractivity (Wildman–Crippen MR) is 60.0 cm³/mol. The van der Waals surface area contributed by atoms with E-state index in [1.807, 2.05) is 6.92 Å². The summed E-state index contributed by atoms with van der Waals surface area (Å²) in [5, 5.41) is 0. The van der Waals surface area contributed by atoms with Crippen LogP contribution >= 0.6 is 0 Å². The second kappa shape index (κ2) is 5.72.